The minimum atomic E-state index is 0.508. The molecule has 2 heterocycles. The normalized spacial score (nSPS) is 11.0. The minimum absolute atomic E-state index is 0.508. The molecule has 0 radical (unpaired) electrons. The second-order valence-corrected chi connectivity index (χ2v) is 6.23. The molecule has 7 heteroatoms. The van der Waals surface area contributed by atoms with Crippen LogP contribution in [0.25, 0.3) is 11.4 Å². The molecule has 2 N–H and O–H groups in total. The standard InChI is InChI=1S/C18H22N6O/c1-13(2)9-10-19-11-14-3-6-16(7-4-14)25-17-8-5-15(12-20-17)18-21-23-24-22-18/h3-8,12-13,19H,9-11H2,1-2H3,(H,21,22,23,24). The number of hydrogen-bond donors (Lipinski definition) is 2. The molecule has 0 bridgehead atoms. The molecule has 1 aromatic carbocycles. The Balaban J connectivity index is 1.52. The lowest BCUT2D eigenvalue weighted by atomic mass is 10.1. The van der Waals surface area contributed by atoms with Gasteiger partial charge in [0.25, 0.3) is 0 Å². The molecule has 0 saturated heterocycles. The van der Waals surface area contributed by atoms with E-state index in [-0.39, 0.29) is 0 Å². The second-order valence-electron chi connectivity index (χ2n) is 6.23. The highest BCUT2D eigenvalue weighted by Gasteiger charge is 2.05. The summed E-state index contributed by atoms with van der Waals surface area (Å²) in [6.07, 6.45) is 2.85. The molecule has 0 fully saturated rings. The first-order valence-electron chi connectivity index (χ1n) is 8.38. The van der Waals surface area contributed by atoms with Crippen LogP contribution in [0.15, 0.2) is 42.6 Å². The van der Waals surface area contributed by atoms with Crippen LogP contribution in [0.5, 0.6) is 11.6 Å². The van der Waals surface area contributed by atoms with Gasteiger partial charge in [-0.05, 0) is 47.9 Å². The highest BCUT2D eigenvalue weighted by Crippen LogP contribution is 2.21. The maximum atomic E-state index is 5.77. The Morgan fingerprint density at radius 3 is 2.60 bits per heavy atom. The van der Waals surface area contributed by atoms with E-state index in [0.29, 0.717) is 11.7 Å². The molecule has 25 heavy (non-hydrogen) atoms. The number of aromatic nitrogens is 5. The molecule has 0 aliphatic heterocycles. The predicted octanol–water partition coefficient (Wildman–Crippen LogP) is 3.19. The number of benzene rings is 1. The first-order valence-corrected chi connectivity index (χ1v) is 8.38. The lowest BCUT2D eigenvalue weighted by Gasteiger charge is -2.08. The number of pyridine rings is 1. The summed E-state index contributed by atoms with van der Waals surface area (Å²) in [6, 6.07) is 11.7. The van der Waals surface area contributed by atoms with Gasteiger partial charge < -0.3 is 10.1 Å². The smallest absolute Gasteiger partial charge is 0.219 e. The Labute approximate surface area is 146 Å². The lowest BCUT2D eigenvalue weighted by Crippen LogP contribution is -2.16. The van der Waals surface area contributed by atoms with Crippen molar-refractivity contribution in [1.29, 1.82) is 0 Å². The lowest BCUT2D eigenvalue weighted by molar-refractivity contribution is 0.462. The highest BCUT2D eigenvalue weighted by molar-refractivity contribution is 5.52. The summed E-state index contributed by atoms with van der Waals surface area (Å²) in [5.74, 6) is 2.51. The SMILES string of the molecule is CC(C)CCNCc1ccc(Oc2ccc(-c3nn[nH]n3)cn2)cc1. The van der Waals surface area contributed by atoms with Gasteiger partial charge in [-0.1, -0.05) is 26.0 Å². The van der Waals surface area contributed by atoms with Crippen molar-refractivity contribution in [2.24, 2.45) is 5.92 Å². The van der Waals surface area contributed by atoms with Crippen LogP contribution in [0.2, 0.25) is 0 Å². The summed E-state index contributed by atoms with van der Waals surface area (Å²) in [5, 5.41) is 17.2. The number of H-pyrrole nitrogens is 1. The molecule has 0 unspecified atom stereocenters. The van der Waals surface area contributed by atoms with Gasteiger partial charge >= 0.3 is 0 Å². The molecule has 2 aromatic heterocycles. The zero-order chi connectivity index (χ0) is 17.5. The van der Waals surface area contributed by atoms with Gasteiger partial charge in [0, 0.05) is 24.4 Å². The Kier molecular flexibility index (Phi) is 5.69. The number of hydrogen-bond acceptors (Lipinski definition) is 6. The van der Waals surface area contributed by atoms with Gasteiger partial charge in [0.05, 0.1) is 0 Å². The topological polar surface area (TPSA) is 88.6 Å². The summed E-state index contributed by atoms with van der Waals surface area (Å²) in [7, 11) is 0. The van der Waals surface area contributed by atoms with E-state index in [2.05, 4.69) is 56.9 Å². The van der Waals surface area contributed by atoms with Crippen LogP contribution in [0.3, 0.4) is 0 Å². The van der Waals surface area contributed by atoms with E-state index >= 15 is 0 Å². The van der Waals surface area contributed by atoms with Crippen molar-refractivity contribution in [2.75, 3.05) is 6.54 Å². The fourth-order valence-corrected chi connectivity index (χ4v) is 2.28. The summed E-state index contributed by atoms with van der Waals surface area (Å²) in [5.41, 5.74) is 2.01. The zero-order valence-corrected chi connectivity index (χ0v) is 14.4. The quantitative estimate of drug-likeness (QED) is 0.613. The van der Waals surface area contributed by atoms with Crippen molar-refractivity contribution in [2.45, 2.75) is 26.8 Å². The number of ether oxygens (including phenoxy) is 1. The largest absolute Gasteiger partial charge is 0.439 e. The molecule has 7 nitrogen and oxygen atoms in total. The van der Waals surface area contributed by atoms with Gasteiger partial charge in [-0.2, -0.15) is 5.21 Å². The highest BCUT2D eigenvalue weighted by atomic mass is 16.5. The molecule has 3 aromatic rings. The number of nitrogens with one attached hydrogen (secondary N) is 2. The Morgan fingerprint density at radius 2 is 1.96 bits per heavy atom. The van der Waals surface area contributed by atoms with Gasteiger partial charge in [-0.3, -0.25) is 0 Å². The van der Waals surface area contributed by atoms with Gasteiger partial charge in [0.1, 0.15) is 5.75 Å². The Hall–Kier alpha value is -2.80. The molecule has 130 valence electrons. The van der Waals surface area contributed by atoms with Crippen LogP contribution >= 0.6 is 0 Å². The van der Waals surface area contributed by atoms with Crippen molar-refractivity contribution >= 4 is 0 Å². The van der Waals surface area contributed by atoms with E-state index in [4.69, 9.17) is 4.74 Å². The summed E-state index contributed by atoms with van der Waals surface area (Å²) >= 11 is 0. The molecular weight excluding hydrogens is 316 g/mol. The summed E-state index contributed by atoms with van der Waals surface area (Å²) in [6.45, 7) is 6.37. The fraction of sp³-hybridized carbons (Fsp3) is 0.333. The molecule has 0 aliphatic carbocycles. The number of aromatic amines is 1. The molecule has 0 saturated carbocycles. The van der Waals surface area contributed by atoms with Crippen molar-refractivity contribution in [3.63, 3.8) is 0 Å². The fourth-order valence-electron chi connectivity index (χ4n) is 2.28. The van der Waals surface area contributed by atoms with Crippen molar-refractivity contribution in [3.8, 4) is 23.0 Å². The average molecular weight is 338 g/mol. The van der Waals surface area contributed by atoms with Crippen LogP contribution in [0, 0.1) is 5.92 Å². The first kappa shape index (κ1) is 17.0. The van der Waals surface area contributed by atoms with E-state index in [1.54, 1.807) is 12.3 Å². The number of tetrazole rings is 1. The third-order valence-electron chi connectivity index (χ3n) is 3.71. The molecule has 3 rings (SSSR count). The van der Waals surface area contributed by atoms with Crippen LogP contribution in [-0.4, -0.2) is 32.2 Å². The second kappa shape index (κ2) is 8.34. The van der Waals surface area contributed by atoms with Crippen molar-refractivity contribution < 1.29 is 4.74 Å². The number of nitrogens with zero attached hydrogens (tertiary/aromatic N) is 4. The molecular formula is C18H22N6O. The van der Waals surface area contributed by atoms with Gasteiger partial charge in [0.2, 0.25) is 11.7 Å². The van der Waals surface area contributed by atoms with E-state index in [1.165, 1.54) is 12.0 Å². The maximum absolute atomic E-state index is 5.77. The predicted molar refractivity (Wildman–Crippen MR) is 95.1 cm³/mol. The Bertz CT molecular complexity index is 753. The zero-order valence-electron chi connectivity index (χ0n) is 14.4. The Morgan fingerprint density at radius 1 is 1.12 bits per heavy atom. The average Bonchev–Trinajstić information content (AvgIpc) is 3.15. The van der Waals surface area contributed by atoms with E-state index in [0.717, 1.165) is 30.3 Å². The van der Waals surface area contributed by atoms with E-state index in [9.17, 15) is 0 Å². The third kappa shape index (κ3) is 5.09. The van der Waals surface area contributed by atoms with Gasteiger partial charge in [0.15, 0.2) is 0 Å². The number of rotatable bonds is 8. The van der Waals surface area contributed by atoms with E-state index < -0.39 is 0 Å². The van der Waals surface area contributed by atoms with Crippen molar-refractivity contribution in [1.82, 2.24) is 30.9 Å². The summed E-state index contributed by atoms with van der Waals surface area (Å²) < 4.78 is 5.77. The summed E-state index contributed by atoms with van der Waals surface area (Å²) in [4.78, 5) is 4.27. The van der Waals surface area contributed by atoms with Crippen LogP contribution in [0.4, 0.5) is 0 Å². The monoisotopic (exact) mass is 338 g/mol. The van der Waals surface area contributed by atoms with Gasteiger partial charge in [-0.15, -0.1) is 10.2 Å². The maximum Gasteiger partial charge on any atom is 0.219 e. The van der Waals surface area contributed by atoms with Crippen LogP contribution in [0.1, 0.15) is 25.8 Å². The van der Waals surface area contributed by atoms with Crippen molar-refractivity contribution in [3.05, 3.63) is 48.2 Å². The van der Waals surface area contributed by atoms with Gasteiger partial charge in [-0.25, -0.2) is 4.98 Å². The molecule has 0 spiro atoms. The van der Waals surface area contributed by atoms with Crippen LogP contribution in [-0.2, 0) is 6.54 Å². The third-order valence-corrected chi connectivity index (χ3v) is 3.71. The molecule has 0 amide bonds. The molecule has 0 aliphatic rings. The van der Waals surface area contributed by atoms with Crippen LogP contribution < -0.4 is 10.1 Å². The first-order chi connectivity index (χ1) is 12.2. The molecule has 0 atom stereocenters. The minimum Gasteiger partial charge on any atom is -0.439 e. The van der Waals surface area contributed by atoms with E-state index in [1.807, 2.05) is 18.2 Å².